The highest BCUT2D eigenvalue weighted by Gasteiger charge is 2.35. The van der Waals surface area contributed by atoms with Gasteiger partial charge >= 0.3 is 0 Å². The molecule has 3 rings (SSSR count). The van der Waals surface area contributed by atoms with Crippen molar-refractivity contribution in [1.82, 2.24) is 4.90 Å². The van der Waals surface area contributed by atoms with Crippen LogP contribution in [-0.4, -0.2) is 32.4 Å². The zero-order valence-electron chi connectivity index (χ0n) is 14.3. The average molecular weight is 386 g/mol. The molecule has 138 valence electrons. The fraction of sp³-hybridized carbons (Fsp3) is 0.167. The molecule has 1 amide bonds. The summed E-state index contributed by atoms with van der Waals surface area (Å²) in [5.41, 5.74) is 1.26. The number of thioether (sulfide) groups is 1. The molecule has 0 spiro atoms. The second-order valence-electron chi connectivity index (χ2n) is 5.79. The van der Waals surface area contributed by atoms with Crippen LogP contribution < -0.4 is 0 Å². The predicted molar refractivity (Wildman–Crippen MR) is 102 cm³/mol. The smallest absolute Gasteiger partial charge is 0.270 e. The van der Waals surface area contributed by atoms with E-state index in [9.17, 15) is 19.3 Å². The van der Waals surface area contributed by atoms with Crippen LogP contribution in [0.2, 0.25) is 0 Å². The van der Waals surface area contributed by atoms with E-state index in [2.05, 4.69) is 10.2 Å². The number of benzene rings is 2. The summed E-state index contributed by atoms with van der Waals surface area (Å²) in [5.74, 6) is -0.446. The van der Waals surface area contributed by atoms with Crippen LogP contribution in [-0.2, 0) is 11.3 Å². The van der Waals surface area contributed by atoms with Gasteiger partial charge in [0.1, 0.15) is 5.82 Å². The van der Waals surface area contributed by atoms with Crippen LogP contribution >= 0.6 is 11.8 Å². The number of rotatable bonds is 5. The summed E-state index contributed by atoms with van der Waals surface area (Å²) < 4.78 is 13.1. The molecule has 0 saturated carbocycles. The minimum atomic E-state index is -0.485. The van der Waals surface area contributed by atoms with Gasteiger partial charge in [0.25, 0.3) is 5.69 Å². The summed E-state index contributed by atoms with van der Waals surface area (Å²) in [7, 11) is 0. The molecule has 1 heterocycles. The number of amidine groups is 1. The number of non-ortho nitro benzene ring substituents is 1. The van der Waals surface area contributed by atoms with Gasteiger partial charge in [0.15, 0.2) is 5.17 Å². The van der Waals surface area contributed by atoms with E-state index in [4.69, 9.17) is 0 Å². The summed E-state index contributed by atoms with van der Waals surface area (Å²) in [6, 6.07) is 11.9. The fourth-order valence-electron chi connectivity index (χ4n) is 2.44. The molecule has 0 aromatic heterocycles. The summed E-state index contributed by atoms with van der Waals surface area (Å²) in [5, 5.41) is 19.0. The highest BCUT2D eigenvalue weighted by atomic mass is 32.2. The Bertz CT molecular complexity index is 930. The van der Waals surface area contributed by atoms with Crippen LogP contribution in [0, 0.1) is 15.9 Å². The third-order valence-electron chi connectivity index (χ3n) is 3.81. The number of nitro groups is 1. The molecular formula is C18H15FN4O3S. The van der Waals surface area contributed by atoms with Crippen molar-refractivity contribution in [2.75, 3.05) is 0 Å². The number of hydrogen-bond donors (Lipinski definition) is 0. The van der Waals surface area contributed by atoms with Crippen molar-refractivity contribution < 1.29 is 14.1 Å². The lowest BCUT2D eigenvalue weighted by Gasteiger charge is -2.15. The minimum absolute atomic E-state index is 0.0384. The number of nitro benzene ring substituents is 1. The first-order valence-electron chi connectivity index (χ1n) is 8.02. The molecule has 0 aliphatic carbocycles. The number of hydrogen-bond acceptors (Lipinski definition) is 6. The van der Waals surface area contributed by atoms with Crippen molar-refractivity contribution in [3.05, 3.63) is 75.6 Å². The normalized spacial score (nSPS) is 18.6. The van der Waals surface area contributed by atoms with Gasteiger partial charge < -0.3 is 0 Å². The van der Waals surface area contributed by atoms with Crippen molar-refractivity contribution in [3.8, 4) is 0 Å². The minimum Gasteiger partial charge on any atom is -0.284 e. The van der Waals surface area contributed by atoms with Gasteiger partial charge in [0, 0.05) is 17.7 Å². The Hall–Kier alpha value is -3.07. The van der Waals surface area contributed by atoms with E-state index < -0.39 is 4.92 Å². The van der Waals surface area contributed by atoms with Crippen LogP contribution in [0.25, 0.3) is 0 Å². The Morgan fingerprint density at radius 2 is 2.04 bits per heavy atom. The van der Waals surface area contributed by atoms with Gasteiger partial charge in [-0.3, -0.25) is 19.8 Å². The summed E-state index contributed by atoms with van der Waals surface area (Å²) in [6.07, 6.45) is 1.39. The molecule has 1 aliphatic heterocycles. The van der Waals surface area contributed by atoms with Crippen molar-refractivity contribution in [3.63, 3.8) is 0 Å². The zero-order valence-corrected chi connectivity index (χ0v) is 15.1. The maximum absolute atomic E-state index is 13.1. The monoisotopic (exact) mass is 386 g/mol. The first-order valence-corrected chi connectivity index (χ1v) is 8.90. The Balaban J connectivity index is 1.78. The molecule has 1 aliphatic rings. The van der Waals surface area contributed by atoms with Gasteiger partial charge in [0.2, 0.25) is 5.91 Å². The first-order chi connectivity index (χ1) is 12.9. The number of halogens is 1. The number of nitrogens with zero attached hydrogens (tertiary/aromatic N) is 4. The standard InChI is InChI=1S/C18H15FN4O3S/c1-12-17(24)22(11-13-5-7-15(19)8-6-13)18(27-12)21-20-10-14-3-2-4-16(9-14)23(25)26/h2-10,12H,11H2,1H3/b20-10+,21-18+. The number of carbonyl (C=O) groups is 1. The molecule has 27 heavy (non-hydrogen) atoms. The molecular weight excluding hydrogens is 371 g/mol. The van der Waals surface area contributed by atoms with Crippen molar-refractivity contribution in [1.29, 1.82) is 0 Å². The van der Waals surface area contributed by atoms with Crippen LogP contribution in [0.5, 0.6) is 0 Å². The van der Waals surface area contributed by atoms with Gasteiger partial charge in [0.05, 0.1) is 22.9 Å². The predicted octanol–water partition coefficient (Wildman–Crippen LogP) is 3.59. The SMILES string of the molecule is CC1S/C(=N/N=C/c2cccc([N+](=O)[O-])c2)N(Cc2ccc(F)cc2)C1=O. The third-order valence-corrected chi connectivity index (χ3v) is 4.88. The summed E-state index contributed by atoms with van der Waals surface area (Å²) >= 11 is 1.28. The molecule has 0 bridgehead atoms. The molecule has 1 saturated heterocycles. The maximum atomic E-state index is 13.1. The van der Waals surface area contributed by atoms with E-state index in [1.54, 1.807) is 31.2 Å². The fourth-order valence-corrected chi connectivity index (χ4v) is 3.37. The van der Waals surface area contributed by atoms with E-state index in [0.717, 1.165) is 5.56 Å². The lowest BCUT2D eigenvalue weighted by Crippen LogP contribution is -2.30. The molecule has 2 aromatic carbocycles. The quantitative estimate of drug-likeness (QED) is 0.446. The Morgan fingerprint density at radius 3 is 2.74 bits per heavy atom. The van der Waals surface area contributed by atoms with Gasteiger partial charge in [-0.05, 0) is 24.6 Å². The highest BCUT2D eigenvalue weighted by Crippen LogP contribution is 2.28. The highest BCUT2D eigenvalue weighted by molar-refractivity contribution is 8.15. The van der Waals surface area contributed by atoms with E-state index in [-0.39, 0.29) is 29.2 Å². The number of amides is 1. The molecule has 1 unspecified atom stereocenters. The topological polar surface area (TPSA) is 88.2 Å². The van der Waals surface area contributed by atoms with Crippen LogP contribution in [0.3, 0.4) is 0 Å². The largest absolute Gasteiger partial charge is 0.284 e. The van der Waals surface area contributed by atoms with E-state index in [1.165, 1.54) is 47.1 Å². The van der Waals surface area contributed by atoms with E-state index in [0.29, 0.717) is 10.7 Å². The van der Waals surface area contributed by atoms with Gasteiger partial charge in [-0.15, -0.1) is 5.10 Å². The molecule has 1 fully saturated rings. The second-order valence-corrected chi connectivity index (χ2v) is 7.10. The van der Waals surface area contributed by atoms with Gasteiger partial charge in [-0.2, -0.15) is 5.10 Å². The van der Waals surface area contributed by atoms with Gasteiger partial charge in [-0.25, -0.2) is 4.39 Å². The summed E-state index contributed by atoms with van der Waals surface area (Å²) in [6.45, 7) is 2.04. The van der Waals surface area contributed by atoms with Crippen LogP contribution in [0.15, 0.2) is 58.7 Å². The van der Waals surface area contributed by atoms with Crippen molar-refractivity contribution in [2.24, 2.45) is 10.2 Å². The molecule has 7 nitrogen and oxygen atoms in total. The van der Waals surface area contributed by atoms with E-state index >= 15 is 0 Å². The molecule has 0 N–H and O–H groups in total. The second kappa shape index (κ2) is 8.09. The lowest BCUT2D eigenvalue weighted by atomic mass is 10.2. The van der Waals surface area contributed by atoms with Crippen molar-refractivity contribution >= 4 is 34.7 Å². The first kappa shape index (κ1) is 18.7. The Kier molecular flexibility index (Phi) is 5.60. The average Bonchev–Trinajstić information content (AvgIpc) is 2.91. The zero-order chi connectivity index (χ0) is 19.4. The molecule has 1 atom stereocenters. The van der Waals surface area contributed by atoms with Gasteiger partial charge in [-0.1, -0.05) is 36.0 Å². The van der Waals surface area contributed by atoms with Crippen molar-refractivity contribution in [2.45, 2.75) is 18.7 Å². The Morgan fingerprint density at radius 1 is 1.30 bits per heavy atom. The molecule has 9 heteroatoms. The molecule has 0 radical (unpaired) electrons. The van der Waals surface area contributed by atoms with Crippen LogP contribution in [0.4, 0.5) is 10.1 Å². The maximum Gasteiger partial charge on any atom is 0.270 e. The number of carbonyl (C=O) groups excluding carboxylic acids is 1. The third kappa shape index (κ3) is 4.56. The van der Waals surface area contributed by atoms with E-state index in [1.807, 2.05) is 0 Å². The Labute approximate surface area is 158 Å². The summed E-state index contributed by atoms with van der Waals surface area (Å²) in [4.78, 5) is 24.2. The molecule has 2 aromatic rings. The van der Waals surface area contributed by atoms with Crippen LogP contribution in [0.1, 0.15) is 18.1 Å². The lowest BCUT2D eigenvalue weighted by molar-refractivity contribution is -0.384.